The molecule has 0 aliphatic carbocycles. The molecule has 0 saturated heterocycles. The summed E-state index contributed by atoms with van der Waals surface area (Å²) in [4.78, 5) is 43.3. The van der Waals surface area contributed by atoms with Crippen LogP contribution in [0.4, 0.5) is 13.2 Å². The number of nitrogens with one attached hydrogen (secondary N) is 2. The van der Waals surface area contributed by atoms with E-state index in [1.165, 1.54) is 18.3 Å². The third-order valence-electron chi connectivity index (χ3n) is 3.96. The lowest BCUT2D eigenvalue weighted by molar-refractivity contribution is -0.274. The molecule has 156 valence electrons. The molecule has 0 atom stereocenters. The van der Waals surface area contributed by atoms with Crippen LogP contribution in [0, 0.1) is 0 Å². The van der Waals surface area contributed by atoms with Crippen molar-refractivity contribution < 1.29 is 22.7 Å². The Morgan fingerprint density at radius 3 is 2.50 bits per heavy atom. The zero-order valence-corrected chi connectivity index (χ0v) is 15.3. The fourth-order valence-electron chi connectivity index (χ4n) is 2.56. The maximum atomic E-state index is 12.6. The number of carbonyl (C=O) groups is 1. The number of pyridine rings is 1. The van der Waals surface area contributed by atoms with Gasteiger partial charge in [0, 0.05) is 18.9 Å². The minimum Gasteiger partial charge on any atom is -0.406 e. The van der Waals surface area contributed by atoms with Crippen molar-refractivity contribution in [3.05, 3.63) is 92.5 Å². The number of rotatable bonds is 6. The monoisotopic (exact) mass is 420 g/mol. The summed E-state index contributed by atoms with van der Waals surface area (Å²) in [5.41, 5.74) is -0.833. The van der Waals surface area contributed by atoms with Gasteiger partial charge in [0.25, 0.3) is 11.5 Å². The van der Waals surface area contributed by atoms with Crippen molar-refractivity contribution in [3.8, 4) is 5.75 Å². The van der Waals surface area contributed by atoms with Gasteiger partial charge in [-0.2, -0.15) is 0 Å². The molecule has 0 radical (unpaired) electrons. The number of alkyl halides is 3. The summed E-state index contributed by atoms with van der Waals surface area (Å²) in [5.74, 6) is -1.14. The first-order valence-corrected chi connectivity index (χ1v) is 8.58. The van der Waals surface area contributed by atoms with E-state index in [0.29, 0.717) is 11.3 Å². The van der Waals surface area contributed by atoms with Gasteiger partial charge >= 0.3 is 12.1 Å². The number of hydrogen-bond donors (Lipinski definition) is 2. The summed E-state index contributed by atoms with van der Waals surface area (Å²) in [6.45, 7) is -0.166. The van der Waals surface area contributed by atoms with E-state index in [1.54, 1.807) is 18.2 Å². The molecule has 2 heterocycles. The first-order chi connectivity index (χ1) is 14.2. The molecule has 11 heteroatoms. The van der Waals surface area contributed by atoms with Crippen LogP contribution in [0.1, 0.15) is 21.6 Å². The average molecular weight is 420 g/mol. The molecule has 8 nitrogen and oxygen atoms in total. The molecule has 30 heavy (non-hydrogen) atoms. The fraction of sp³-hybridized carbons (Fsp3) is 0.158. The first-order valence-electron chi connectivity index (χ1n) is 8.58. The van der Waals surface area contributed by atoms with Crippen LogP contribution in [-0.2, 0) is 13.1 Å². The number of ether oxygens (including phenoxy) is 1. The Hall–Kier alpha value is -3.89. The highest BCUT2D eigenvalue weighted by atomic mass is 19.4. The Morgan fingerprint density at radius 2 is 1.87 bits per heavy atom. The van der Waals surface area contributed by atoms with Crippen LogP contribution in [0.15, 0.2) is 64.4 Å². The van der Waals surface area contributed by atoms with Gasteiger partial charge in [0.05, 0.1) is 12.2 Å². The molecule has 0 aliphatic heterocycles. The smallest absolute Gasteiger partial charge is 0.406 e. The topological polar surface area (TPSA) is 106 Å². The van der Waals surface area contributed by atoms with Crippen molar-refractivity contribution in [1.29, 1.82) is 0 Å². The quantitative estimate of drug-likeness (QED) is 0.633. The number of halogens is 3. The molecule has 1 amide bonds. The van der Waals surface area contributed by atoms with Crippen molar-refractivity contribution in [2.45, 2.75) is 19.5 Å². The molecule has 0 unspecified atom stereocenters. The molecular formula is C19H15F3N4O4. The number of amides is 1. The lowest BCUT2D eigenvalue weighted by Crippen LogP contribution is -2.40. The Kier molecular flexibility index (Phi) is 6.00. The SMILES string of the molecule is O=C(NCc1ccc(OC(F)(F)F)cc1)c1c[nH]c(=O)n(Cc2ccccn2)c1=O. The number of hydrogen-bond acceptors (Lipinski definition) is 5. The van der Waals surface area contributed by atoms with Gasteiger partial charge < -0.3 is 15.0 Å². The summed E-state index contributed by atoms with van der Waals surface area (Å²) >= 11 is 0. The third-order valence-corrected chi connectivity index (χ3v) is 3.96. The normalized spacial score (nSPS) is 11.2. The van der Waals surface area contributed by atoms with Gasteiger partial charge in [-0.25, -0.2) is 4.79 Å². The Balaban J connectivity index is 1.71. The number of nitrogens with zero attached hydrogens (tertiary/aromatic N) is 2. The Bertz CT molecular complexity index is 1140. The summed E-state index contributed by atoms with van der Waals surface area (Å²) in [6.07, 6.45) is -2.28. The van der Waals surface area contributed by atoms with Crippen molar-refractivity contribution in [1.82, 2.24) is 19.9 Å². The zero-order valence-electron chi connectivity index (χ0n) is 15.3. The second-order valence-corrected chi connectivity index (χ2v) is 6.09. The molecule has 2 N–H and O–H groups in total. The van der Waals surface area contributed by atoms with Gasteiger partial charge in [-0.3, -0.25) is 19.1 Å². The van der Waals surface area contributed by atoms with E-state index in [9.17, 15) is 27.6 Å². The van der Waals surface area contributed by atoms with Gasteiger partial charge in [0.1, 0.15) is 11.3 Å². The number of aromatic nitrogens is 3. The Morgan fingerprint density at radius 1 is 1.13 bits per heavy atom. The molecule has 3 rings (SSSR count). The summed E-state index contributed by atoms with van der Waals surface area (Å²) in [5, 5.41) is 2.48. The van der Waals surface area contributed by atoms with Crippen LogP contribution >= 0.6 is 0 Å². The van der Waals surface area contributed by atoms with Gasteiger partial charge in [-0.1, -0.05) is 18.2 Å². The van der Waals surface area contributed by atoms with E-state index in [-0.39, 0.29) is 18.7 Å². The van der Waals surface area contributed by atoms with E-state index in [2.05, 4.69) is 20.0 Å². The zero-order chi connectivity index (χ0) is 21.7. The number of H-pyrrole nitrogens is 1. The van der Waals surface area contributed by atoms with Crippen molar-refractivity contribution in [2.75, 3.05) is 0 Å². The first kappa shape index (κ1) is 20.8. The van der Waals surface area contributed by atoms with Crippen LogP contribution < -0.4 is 21.3 Å². The second-order valence-electron chi connectivity index (χ2n) is 6.09. The third kappa shape index (κ3) is 5.34. The van der Waals surface area contributed by atoms with Crippen LogP contribution in [0.25, 0.3) is 0 Å². The van der Waals surface area contributed by atoms with Gasteiger partial charge in [-0.05, 0) is 29.8 Å². The molecule has 0 spiro atoms. The van der Waals surface area contributed by atoms with Gasteiger partial charge in [-0.15, -0.1) is 13.2 Å². The van der Waals surface area contributed by atoms with Gasteiger partial charge in [0.2, 0.25) is 0 Å². The summed E-state index contributed by atoms with van der Waals surface area (Å²) in [6, 6.07) is 9.90. The lowest BCUT2D eigenvalue weighted by Gasteiger charge is -2.10. The predicted molar refractivity (Wildman–Crippen MR) is 99.0 cm³/mol. The lowest BCUT2D eigenvalue weighted by atomic mass is 10.2. The van der Waals surface area contributed by atoms with E-state index in [4.69, 9.17) is 0 Å². The number of benzene rings is 1. The molecule has 0 bridgehead atoms. The number of carbonyl (C=O) groups excluding carboxylic acids is 1. The largest absolute Gasteiger partial charge is 0.573 e. The van der Waals surface area contributed by atoms with Crippen molar-refractivity contribution in [3.63, 3.8) is 0 Å². The minimum absolute atomic E-state index is 0.0516. The van der Waals surface area contributed by atoms with E-state index in [1.807, 2.05) is 0 Å². The standard InChI is InChI=1S/C19H15F3N4O4/c20-19(21,22)30-14-6-4-12(5-7-14)9-24-16(27)15-10-25-18(29)26(17(15)28)11-13-3-1-2-8-23-13/h1-8,10H,9,11H2,(H,24,27)(H,25,29). The van der Waals surface area contributed by atoms with E-state index in [0.717, 1.165) is 22.9 Å². The molecule has 0 saturated carbocycles. The van der Waals surface area contributed by atoms with Crippen LogP contribution in [0.5, 0.6) is 5.75 Å². The highest BCUT2D eigenvalue weighted by molar-refractivity contribution is 5.93. The van der Waals surface area contributed by atoms with Gasteiger partial charge in [0.15, 0.2) is 0 Å². The van der Waals surface area contributed by atoms with Crippen molar-refractivity contribution >= 4 is 5.91 Å². The highest BCUT2D eigenvalue weighted by Gasteiger charge is 2.30. The maximum absolute atomic E-state index is 12.6. The molecule has 0 aliphatic rings. The molecular weight excluding hydrogens is 405 g/mol. The van der Waals surface area contributed by atoms with Crippen LogP contribution in [-0.4, -0.2) is 26.8 Å². The van der Waals surface area contributed by atoms with E-state index < -0.39 is 29.3 Å². The molecule has 3 aromatic rings. The average Bonchev–Trinajstić information content (AvgIpc) is 2.70. The van der Waals surface area contributed by atoms with E-state index >= 15 is 0 Å². The Labute approximate surface area is 167 Å². The summed E-state index contributed by atoms with van der Waals surface area (Å²) in [7, 11) is 0. The van der Waals surface area contributed by atoms with Crippen LogP contribution in [0.3, 0.4) is 0 Å². The van der Waals surface area contributed by atoms with Crippen LogP contribution in [0.2, 0.25) is 0 Å². The highest BCUT2D eigenvalue weighted by Crippen LogP contribution is 2.22. The maximum Gasteiger partial charge on any atom is 0.573 e. The molecule has 0 fully saturated rings. The number of aromatic amines is 1. The second kappa shape index (κ2) is 8.64. The van der Waals surface area contributed by atoms with Crippen molar-refractivity contribution in [2.24, 2.45) is 0 Å². The fourth-order valence-corrected chi connectivity index (χ4v) is 2.56. The predicted octanol–water partition coefficient (Wildman–Crippen LogP) is 1.81. The molecule has 2 aromatic heterocycles. The minimum atomic E-state index is -4.80. The molecule has 1 aromatic carbocycles. The summed E-state index contributed by atoms with van der Waals surface area (Å²) < 4.78 is 41.2.